The summed E-state index contributed by atoms with van der Waals surface area (Å²) < 4.78 is 9.83. The van der Waals surface area contributed by atoms with E-state index in [1.54, 1.807) is 71.6 Å². The number of nitrogens with zero attached hydrogens (tertiary/aromatic N) is 17. The summed E-state index contributed by atoms with van der Waals surface area (Å²) in [5, 5.41) is 11.0. The van der Waals surface area contributed by atoms with Gasteiger partial charge in [-0.25, -0.2) is 34.9 Å². The maximum atomic E-state index is 4.98. The molecule has 0 unspecified atom stereocenters. The molecule has 11 aromatic heterocycles. The third-order valence-electron chi connectivity index (χ3n) is 20.8. The second-order valence-electron chi connectivity index (χ2n) is 39.5. The topological polar surface area (TPSA) is 320 Å². The summed E-state index contributed by atoms with van der Waals surface area (Å²) in [6.07, 6.45) is 52.7. The highest BCUT2D eigenvalue weighted by atomic mass is 32.1. The van der Waals surface area contributed by atoms with Gasteiger partial charge in [-0.15, -0.1) is 45.3 Å². The zero-order valence-electron chi connectivity index (χ0n) is 94.3. The molecule has 0 aliphatic carbocycles. The molecule has 800 valence electrons. The lowest BCUT2D eigenvalue weighted by atomic mass is 10.1. The van der Waals surface area contributed by atoms with Crippen molar-refractivity contribution in [3.8, 4) is 0 Å². The van der Waals surface area contributed by atoms with Crippen LogP contribution >= 0.6 is 45.3 Å². The molecule has 5 N–H and O–H groups in total. The highest BCUT2D eigenvalue weighted by Gasteiger charge is 2.11. The van der Waals surface area contributed by atoms with Gasteiger partial charge < -0.3 is 33.9 Å². The van der Waals surface area contributed by atoms with Gasteiger partial charge in [0.05, 0.1) is 91.5 Å². The van der Waals surface area contributed by atoms with E-state index >= 15 is 0 Å². The third kappa shape index (κ3) is 65.2. The van der Waals surface area contributed by atoms with Crippen LogP contribution in [0.5, 0.6) is 0 Å². The van der Waals surface area contributed by atoms with Crippen LogP contribution in [0.25, 0.3) is 0 Å². The maximum absolute atomic E-state index is 4.98. The molecule has 18 rings (SSSR count). The lowest BCUT2D eigenvalue weighted by Gasteiger charge is -1.98. The molecule has 0 saturated carbocycles. The number of rotatable bonds is 18. The number of imidazole rings is 4. The molecule has 0 aromatic carbocycles. The number of nitrogens with one attached hydrogen (secondary N) is 5. The third-order valence-corrected chi connectivity index (χ3v) is 24.7. The van der Waals surface area contributed by atoms with Crippen LogP contribution < -0.4 is 0 Å². The van der Waals surface area contributed by atoms with Crippen LogP contribution in [0.4, 0.5) is 0 Å². The SMILES string of the molecule is C.CC(C)C1=CCC=N1.CC(C)C1=CCN=C1.CC(C)C1=CCN=C1.CC(C)C1=NCC=C1.CC(C)C1=NCC=C1.CC(C)C1=NCC=C1.CC(C)C1=NCN=C1.CC(C)c1ccc[nH]1.CC(C)c1cccs1.CC(C)c1ccno1.CC(C)c1cnc[nH]1.CC(C)c1cnc[nH]1.CC(C)c1cnc[nH]1.CC(C)c1cnco1.CC(C)c1cncs1.CC(C)c1cscn1.CC(C)c1ncc[nH]1.CC(C)c1nccs1. The molecule has 0 spiro atoms. The first-order chi connectivity index (χ1) is 68.5. The molecule has 18 heterocycles. The monoisotopic (exact) mass is 2060 g/mol. The minimum atomic E-state index is 0. The molecule has 7 aliphatic rings. The summed E-state index contributed by atoms with van der Waals surface area (Å²) >= 11 is 6.93. The summed E-state index contributed by atoms with van der Waals surface area (Å²) in [4.78, 5) is 82.9. The lowest BCUT2D eigenvalue weighted by molar-refractivity contribution is 0.371. The summed E-state index contributed by atoms with van der Waals surface area (Å²) in [5.74, 6) is 13.5. The molecular formula is C117H186N22O2S4. The van der Waals surface area contributed by atoms with Crippen molar-refractivity contribution in [1.29, 1.82) is 0 Å². The number of thiophene rings is 1. The number of H-pyrrole nitrogens is 5. The predicted molar refractivity (Wildman–Crippen MR) is 634 cm³/mol. The number of oxazole rings is 1. The van der Waals surface area contributed by atoms with E-state index in [2.05, 4.69) is 443 Å². The Morgan fingerprint density at radius 1 is 0.345 bits per heavy atom. The Hall–Kier alpha value is -11.1. The Morgan fingerprint density at radius 3 is 1.03 bits per heavy atom. The first-order valence-corrected chi connectivity index (χ1v) is 54.9. The molecule has 0 bridgehead atoms. The highest BCUT2D eigenvalue weighted by Crippen LogP contribution is 2.23. The Kier molecular flexibility index (Phi) is 74.9. The van der Waals surface area contributed by atoms with Crippen LogP contribution in [-0.4, -0.2) is 157 Å². The van der Waals surface area contributed by atoms with Crippen molar-refractivity contribution in [3.63, 3.8) is 0 Å². The van der Waals surface area contributed by atoms with E-state index in [1.165, 1.54) is 83.6 Å². The number of hydrogen-bond acceptors (Lipinski definition) is 23. The fourth-order valence-corrected chi connectivity index (χ4v) is 14.2. The molecule has 0 atom stereocenters. The Balaban J connectivity index is 0.00000151. The molecular weight excluding hydrogens is 1870 g/mol. The van der Waals surface area contributed by atoms with Crippen molar-refractivity contribution in [3.05, 3.63) is 277 Å². The molecule has 0 fully saturated rings. The first kappa shape index (κ1) is 134. The lowest BCUT2D eigenvalue weighted by Crippen LogP contribution is -2.05. The van der Waals surface area contributed by atoms with E-state index in [0.717, 1.165) is 62.2 Å². The average Bonchev–Trinajstić information content (AvgIpc) is 2.01. The van der Waals surface area contributed by atoms with E-state index in [4.69, 9.17) is 8.94 Å². The molecule has 0 saturated heterocycles. The van der Waals surface area contributed by atoms with Crippen molar-refractivity contribution in [2.45, 2.75) is 328 Å². The Morgan fingerprint density at radius 2 is 0.855 bits per heavy atom. The summed E-state index contributed by atoms with van der Waals surface area (Å²) in [6.45, 7) is 82.4. The fourth-order valence-electron chi connectivity index (χ4n) is 11.4. The largest absolute Gasteiger partial charge is 0.448 e. The highest BCUT2D eigenvalue weighted by molar-refractivity contribution is 7.10. The van der Waals surface area contributed by atoms with E-state index in [0.29, 0.717) is 113 Å². The Labute approximate surface area is 891 Å². The molecule has 11 aromatic rings. The van der Waals surface area contributed by atoms with E-state index in [-0.39, 0.29) is 7.43 Å². The van der Waals surface area contributed by atoms with Crippen LogP contribution in [0.2, 0.25) is 0 Å². The van der Waals surface area contributed by atoms with E-state index in [1.807, 2.05) is 108 Å². The fraction of sp³-hybridized carbons (Fsp3) is 0.530. The van der Waals surface area contributed by atoms with Gasteiger partial charge in [-0.3, -0.25) is 44.9 Å². The second-order valence-corrected chi connectivity index (χ2v) is 43.1. The van der Waals surface area contributed by atoms with Gasteiger partial charge in [-0.2, -0.15) is 0 Å². The molecule has 0 amide bonds. The van der Waals surface area contributed by atoms with Crippen LogP contribution in [0, 0.1) is 41.4 Å². The van der Waals surface area contributed by atoms with Crippen molar-refractivity contribution in [2.75, 3.05) is 39.4 Å². The number of aliphatic imine (C=N–C) groups is 8. The van der Waals surface area contributed by atoms with Crippen LogP contribution in [-0.2, 0) is 0 Å². The summed E-state index contributed by atoms with van der Waals surface area (Å²) in [7, 11) is 0. The second kappa shape index (κ2) is 81.1. The number of hydrogen-bond donors (Lipinski definition) is 5. The minimum Gasteiger partial charge on any atom is -0.448 e. The zero-order valence-corrected chi connectivity index (χ0v) is 97.5. The van der Waals surface area contributed by atoms with E-state index in [9.17, 15) is 0 Å². The predicted octanol–water partition coefficient (Wildman–Crippen LogP) is 33.6. The maximum Gasteiger partial charge on any atom is 0.180 e. The minimum absolute atomic E-state index is 0. The van der Waals surface area contributed by atoms with Crippen LogP contribution in [0.1, 0.15) is 389 Å². The van der Waals surface area contributed by atoms with Gasteiger partial charge in [0, 0.05) is 177 Å². The quantitative estimate of drug-likeness (QED) is 0.0537. The molecule has 145 heavy (non-hydrogen) atoms. The zero-order chi connectivity index (χ0) is 108. The molecule has 7 aliphatic heterocycles. The van der Waals surface area contributed by atoms with Gasteiger partial charge in [-0.05, 0) is 136 Å². The summed E-state index contributed by atoms with van der Waals surface area (Å²) in [6, 6.07) is 10.3. The van der Waals surface area contributed by atoms with Crippen LogP contribution in [0.15, 0.2) is 265 Å². The van der Waals surface area contributed by atoms with Crippen molar-refractivity contribution >= 4 is 93.1 Å². The normalized spacial score (nSPS) is 13.1. The van der Waals surface area contributed by atoms with Crippen LogP contribution in [0.3, 0.4) is 0 Å². The van der Waals surface area contributed by atoms with Gasteiger partial charge >= 0.3 is 0 Å². The van der Waals surface area contributed by atoms with Gasteiger partial charge in [0.15, 0.2) is 6.39 Å². The summed E-state index contributed by atoms with van der Waals surface area (Å²) in [5.41, 5.74) is 18.7. The number of aromatic nitrogens is 14. The first-order valence-electron chi connectivity index (χ1n) is 51.3. The van der Waals surface area contributed by atoms with Crippen molar-refractivity contribution in [2.24, 2.45) is 81.4 Å². The smallest absolute Gasteiger partial charge is 0.180 e. The van der Waals surface area contributed by atoms with Gasteiger partial charge in [0.1, 0.15) is 24.0 Å². The van der Waals surface area contributed by atoms with Gasteiger partial charge in [0.25, 0.3) is 0 Å². The molecule has 28 heteroatoms. The van der Waals surface area contributed by atoms with Gasteiger partial charge in [0.2, 0.25) is 0 Å². The number of aromatic amines is 5. The van der Waals surface area contributed by atoms with E-state index < -0.39 is 0 Å². The average molecular weight is 2060 g/mol. The standard InChI is InChI=1S/7C7H11N.C7H10S.5C6H10N2.2C6H9NO.3C6H9NS.CH4/c2*1-6(2)7-3-4-8-5-7;6*1-6(2)7-4-3-5-8-7;4*1-5(2)6-3-7-4-8-6;1-5(2)6-7-3-4-8-6;1-5(2)6-3-7-4-8-6;1-5(2)6-3-4-7-8-6;1-5(2)6-3-8-4-7-6;1-5(2)6-3-7-4-8-6;1-5(2)6-7-3-4-8-6;/h2*3,5-6H,4H2,1-2H3;4-6H,3H2,1-2H3;3*3-4,6H,5H2,1-2H3;3-6,8H,1-2H3;3-6H,1-2H3;3,5H,4H2,1-2H3;4*3-5H,1-2H3,(H,7,8);5*3-5H,1-2H3;1H4. The Bertz CT molecular complexity index is 4190. The molecule has 0 radical (unpaired) electrons. The van der Waals surface area contributed by atoms with Crippen molar-refractivity contribution in [1.82, 2.24) is 69.9 Å². The molecule has 24 nitrogen and oxygen atoms in total. The van der Waals surface area contributed by atoms with Crippen molar-refractivity contribution < 1.29 is 8.94 Å². The van der Waals surface area contributed by atoms with Gasteiger partial charge in [-0.1, -0.05) is 304 Å². The number of thiazole rings is 3. The number of allylic oxidation sites excluding steroid dienone is 7.